The van der Waals surface area contributed by atoms with Crippen molar-refractivity contribution in [2.75, 3.05) is 13.2 Å². The lowest BCUT2D eigenvalue weighted by molar-refractivity contribution is 0.190. The highest BCUT2D eigenvalue weighted by molar-refractivity contribution is 5.24. The molecule has 2 heterocycles. The molecule has 1 unspecified atom stereocenters. The summed E-state index contributed by atoms with van der Waals surface area (Å²) in [6, 6.07) is 0.517. The summed E-state index contributed by atoms with van der Waals surface area (Å²) in [5, 5.41) is 8.06. The average Bonchev–Trinajstić information content (AvgIpc) is 2.86. The van der Waals surface area contributed by atoms with Gasteiger partial charge in [-0.15, -0.1) is 0 Å². The molecular formula is C12H21N3O. The Bertz CT molecular complexity index is 353. The van der Waals surface area contributed by atoms with Gasteiger partial charge in [0, 0.05) is 37.0 Å². The van der Waals surface area contributed by atoms with Crippen LogP contribution >= 0.6 is 0 Å². The van der Waals surface area contributed by atoms with E-state index in [2.05, 4.69) is 35.9 Å². The topological polar surface area (TPSA) is 39.1 Å². The summed E-state index contributed by atoms with van der Waals surface area (Å²) in [6.45, 7) is 9.95. The molecule has 1 fully saturated rings. The molecule has 16 heavy (non-hydrogen) atoms. The Morgan fingerprint density at radius 2 is 2.31 bits per heavy atom. The van der Waals surface area contributed by atoms with Crippen molar-refractivity contribution in [1.82, 2.24) is 15.1 Å². The molecule has 1 aliphatic rings. The van der Waals surface area contributed by atoms with E-state index in [4.69, 9.17) is 4.74 Å². The first-order chi connectivity index (χ1) is 7.72. The normalized spacial score (nSPS) is 20.6. The van der Waals surface area contributed by atoms with E-state index in [9.17, 15) is 0 Å². The Morgan fingerprint density at radius 1 is 1.50 bits per heavy atom. The van der Waals surface area contributed by atoms with Gasteiger partial charge in [0.2, 0.25) is 0 Å². The maximum atomic E-state index is 5.35. The van der Waals surface area contributed by atoms with Gasteiger partial charge in [0.15, 0.2) is 0 Å². The second kappa shape index (κ2) is 4.97. The minimum absolute atomic E-state index is 0.517. The Balaban J connectivity index is 2.00. The van der Waals surface area contributed by atoms with Crippen molar-refractivity contribution in [3.63, 3.8) is 0 Å². The third-order valence-corrected chi connectivity index (χ3v) is 3.33. The molecule has 0 spiro atoms. The lowest BCUT2D eigenvalue weighted by Crippen LogP contribution is -2.28. The molecule has 90 valence electrons. The Hall–Kier alpha value is -0.870. The SMILES string of the molecule is CCn1nc(C)c(CNC2CCOC2)c1C. The Morgan fingerprint density at radius 3 is 2.88 bits per heavy atom. The zero-order chi connectivity index (χ0) is 11.5. The average molecular weight is 223 g/mol. The molecular weight excluding hydrogens is 202 g/mol. The molecule has 0 radical (unpaired) electrons. The zero-order valence-electron chi connectivity index (χ0n) is 10.4. The van der Waals surface area contributed by atoms with Crippen LogP contribution in [0, 0.1) is 13.8 Å². The van der Waals surface area contributed by atoms with Gasteiger partial charge in [-0.25, -0.2) is 0 Å². The van der Waals surface area contributed by atoms with Crippen LogP contribution in [0.2, 0.25) is 0 Å². The summed E-state index contributed by atoms with van der Waals surface area (Å²) >= 11 is 0. The predicted molar refractivity (Wildman–Crippen MR) is 63.4 cm³/mol. The highest BCUT2D eigenvalue weighted by Crippen LogP contribution is 2.14. The summed E-state index contributed by atoms with van der Waals surface area (Å²) in [5.41, 5.74) is 3.77. The molecule has 0 bridgehead atoms. The second-order valence-corrected chi connectivity index (χ2v) is 4.41. The molecule has 0 aliphatic carbocycles. The molecule has 0 amide bonds. The van der Waals surface area contributed by atoms with Crippen molar-refractivity contribution >= 4 is 0 Å². The van der Waals surface area contributed by atoms with E-state index < -0.39 is 0 Å². The van der Waals surface area contributed by atoms with Gasteiger partial charge in [-0.05, 0) is 27.2 Å². The van der Waals surface area contributed by atoms with Gasteiger partial charge in [-0.2, -0.15) is 5.10 Å². The fourth-order valence-corrected chi connectivity index (χ4v) is 2.24. The van der Waals surface area contributed by atoms with Gasteiger partial charge in [-0.1, -0.05) is 0 Å². The molecule has 0 saturated carbocycles. The zero-order valence-corrected chi connectivity index (χ0v) is 10.4. The number of rotatable bonds is 4. The van der Waals surface area contributed by atoms with E-state index in [1.54, 1.807) is 0 Å². The van der Waals surface area contributed by atoms with Crippen molar-refractivity contribution in [3.05, 3.63) is 17.0 Å². The molecule has 1 saturated heterocycles. The molecule has 1 aromatic heterocycles. The van der Waals surface area contributed by atoms with Gasteiger partial charge in [0.1, 0.15) is 0 Å². The van der Waals surface area contributed by atoms with Crippen LogP contribution in [0.1, 0.15) is 30.3 Å². The molecule has 0 aromatic carbocycles. The van der Waals surface area contributed by atoms with Crippen molar-refractivity contribution < 1.29 is 4.74 Å². The molecule has 1 N–H and O–H groups in total. The van der Waals surface area contributed by atoms with Crippen LogP contribution in [-0.4, -0.2) is 29.0 Å². The lowest BCUT2D eigenvalue weighted by atomic mass is 10.1. The van der Waals surface area contributed by atoms with Crippen molar-refractivity contribution in [2.24, 2.45) is 0 Å². The molecule has 4 heteroatoms. The summed E-state index contributed by atoms with van der Waals surface area (Å²) in [7, 11) is 0. The van der Waals surface area contributed by atoms with Crippen LogP contribution in [0.5, 0.6) is 0 Å². The van der Waals surface area contributed by atoms with Gasteiger partial charge < -0.3 is 10.1 Å². The number of hydrogen-bond donors (Lipinski definition) is 1. The summed E-state index contributed by atoms with van der Waals surface area (Å²) < 4.78 is 7.42. The molecule has 1 atom stereocenters. The minimum Gasteiger partial charge on any atom is -0.380 e. The summed E-state index contributed by atoms with van der Waals surface area (Å²) in [6.07, 6.45) is 1.13. The Kier molecular flexibility index (Phi) is 3.61. The maximum absolute atomic E-state index is 5.35. The highest BCUT2D eigenvalue weighted by atomic mass is 16.5. The number of aryl methyl sites for hydroxylation is 2. The monoisotopic (exact) mass is 223 g/mol. The summed E-state index contributed by atoms with van der Waals surface area (Å²) in [5.74, 6) is 0. The minimum atomic E-state index is 0.517. The lowest BCUT2D eigenvalue weighted by Gasteiger charge is -2.10. The summed E-state index contributed by atoms with van der Waals surface area (Å²) in [4.78, 5) is 0. The highest BCUT2D eigenvalue weighted by Gasteiger charge is 2.16. The predicted octanol–water partition coefficient (Wildman–Crippen LogP) is 1.40. The van der Waals surface area contributed by atoms with E-state index >= 15 is 0 Å². The smallest absolute Gasteiger partial charge is 0.0641 e. The van der Waals surface area contributed by atoms with Crippen LogP contribution in [-0.2, 0) is 17.8 Å². The van der Waals surface area contributed by atoms with E-state index in [1.807, 2.05) is 0 Å². The third kappa shape index (κ3) is 2.28. The standard InChI is InChI=1S/C12H21N3O/c1-4-15-10(3)12(9(2)14-15)7-13-11-5-6-16-8-11/h11,13H,4-8H2,1-3H3. The van der Waals surface area contributed by atoms with Gasteiger partial charge >= 0.3 is 0 Å². The third-order valence-electron chi connectivity index (χ3n) is 3.33. The van der Waals surface area contributed by atoms with Crippen LogP contribution in [0.4, 0.5) is 0 Å². The van der Waals surface area contributed by atoms with Crippen molar-refractivity contribution in [3.8, 4) is 0 Å². The molecule has 1 aromatic rings. The molecule has 1 aliphatic heterocycles. The fraction of sp³-hybridized carbons (Fsp3) is 0.750. The van der Waals surface area contributed by atoms with E-state index in [-0.39, 0.29) is 0 Å². The number of aromatic nitrogens is 2. The van der Waals surface area contributed by atoms with Gasteiger partial charge in [-0.3, -0.25) is 4.68 Å². The fourth-order valence-electron chi connectivity index (χ4n) is 2.24. The van der Waals surface area contributed by atoms with Gasteiger partial charge in [0.25, 0.3) is 0 Å². The number of hydrogen-bond acceptors (Lipinski definition) is 3. The van der Waals surface area contributed by atoms with Crippen LogP contribution < -0.4 is 5.32 Å². The largest absolute Gasteiger partial charge is 0.380 e. The van der Waals surface area contributed by atoms with Crippen LogP contribution in [0.3, 0.4) is 0 Å². The molecule has 2 rings (SSSR count). The van der Waals surface area contributed by atoms with Crippen molar-refractivity contribution in [2.45, 2.75) is 46.3 Å². The van der Waals surface area contributed by atoms with E-state index in [0.717, 1.165) is 38.4 Å². The number of nitrogens with one attached hydrogen (secondary N) is 1. The van der Waals surface area contributed by atoms with Crippen molar-refractivity contribution in [1.29, 1.82) is 0 Å². The first-order valence-electron chi connectivity index (χ1n) is 6.06. The van der Waals surface area contributed by atoms with Crippen LogP contribution in [0.15, 0.2) is 0 Å². The Labute approximate surface area is 97.0 Å². The van der Waals surface area contributed by atoms with Crippen LogP contribution in [0.25, 0.3) is 0 Å². The quantitative estimate of drug-likeness (QED) is 0.838. The second-order valence-electron chi connectivity index (χ2n) is 4.41. The number of ether oxygens (including phenoxy) is 1. The first kappa shape index (κ1) is 11.6. The maximum Gasteiger partial charge on any atom is 0.0641 e. The first-order valence-corrected chi connectivity index (χ1v) is 6.06. The molecule has 4 nitrogen and oxygen atoms in total. The van der Waals surface area contributed by atoms with Gasteiger partial charge in [0.05, 0.1) is 12.3 Å². The number of nitrogens with zero attached hydrogens (tertiary/aromatic N) is 2. The van der Waals surface area contributed by atoms with E-state index in [1.165, 1.54) is 11.3 Å². The van der Waals surface area contributed by atoms with E-state index in [0.29, 0.717) is 6.04 Å².